The minimum Gasteiger partial charge on any atom is -0.467 e. The number of rotatable bonds is 7. The summed E-state index contributed by atoms with van der Waals surface area (Å²) in [5, 5.41) is 2.48. The van der Waals surface area contributed by atoms with Crippen LogP contribution in [0, 0.1) is 0 Å². The van der Waals surface area contributed by atoms with E-state index >= 15 is 0 Å². The predicted molar refractivity (Wildman–Crippen MR) is 58.7 cm³/mol. The van der Waals surface area contributed by atoms with E-state index in [9.17, 15) is 9.59 Å². The number of nitrogens with two attached hydrogens (primary N) is 1. The van der Waals surface area contributed by atoms with Crippen LogP contribution in [0.1, 0.15) is 19.8 Å². The SMILES string of the molecule is COCCCC(N)C(=O)N[C@@H](C)C(=O)OC. The third-order valence-electron chi connectivity index (χ3n) is 2.11. The molecule has 3 N–H and O–H groups in total. The molecule has 0 heterocycles. The van der Waals surface area contributed by atoms with Gasteiger partial charge in [0.05, 0.1) is 13.2 Å². The molecule has 0 saturated heterocycles. The minimum absolute atomic E-state index is 0.353. The lowest BCUT2D eigenvalue weighted by molar-refractivity contribution is -0.144. The van der Waals surface area contributed by atoms with Gasteiger partial charge >= 0.3 is 5.97 Å². The van der Waals surface area contributed by atoms with Crippen molar-refractivity contribution in [2.75, 3.05) is 20.8 Å². The molecule has 0 aromatic carbocycles. The van der Waals surface area contributed by atoms with E-state index in [-0.39, 0.29) is 5.91 Å². The Hall–Kier alpha value is -1.14. The van der Waals surface area contributed by atoms with Crippen LogP contribution >= 0.6 is 0 Å². The molecule has 16 heavy (non-hydrogen) atoms. The molecule has 0 aliphatic rings. The maximum atomic E-state index is 11.5. The van der Waals surface area contributed by atoms with Gasteiger partial charge in [0, 0.05) is 13.7 Å². The Morgan fingerprint density at radius 2 is 2.00 bits per heavy atom. The Kier molecular flexibility index (Phi) is 7.49. The van der Waals surface area contributed by atoms with E-state index in [0.717, 1.165) is 0 Å². The highest BCUT2D eigenvalue weighted by Crippen LogP contribution is 1.96. The zero-order valence-electron chi connectivity index (χ0n) is 9.99. The molecule has 0 saturated carbocycles. The average molecular weight is 232 g/mol. The zero-order valence-corrected chi connectivity index (χ0v) is 9.99. The van der Waals surface area contributed by atoms with Crippen molar-refractivity contribution in [1.82, 2.24) is 5.32 Å². The molecule has 6 heteroatoms. The van der Waals surface area contributed by atoms with E-state index in [0.29, 0.717) is 19.4 Å². The minimum atomic E-state index is -0.675. The summed E-state index contributed by atoms with van der Waals surface area (Å²) in [5.41, 5.74) is 5.63. The summed E-state index contributed by atoms with van der Waals surface area (Å²) in [7, 11) is 2.86. The topological polar surface area (TPSA) is 90.6 Å². The first-order valence-corrected chi connectivity index (χ1v) is 5.15. The second kappa shape index (κ2) is 8.06. The van der Waals surface area contributed by atoms with Gasteiger partial charge in [0.25, 0.3) is 0 Å². The van der Waals surface area contributed by atoms with Gasteiger partial charge in [-0.15, -0.1) is 0 Å². The summed E-state index contributed by atoms with van der Waals surface area (Å²) in [6, 6.07) is -1.30. The number of amides is 1. The fraction of sp³-hybridized carbons (Fsp3) is 0.800. The summed E-state index contributed by atoms with van der Waals surface area (Å²) in [6.07, 6.45) is 1.23. The van der Waals surface area contributed by atoms with Crippen molar-refractivity contribution in [3.8, 4) is 0 Å². The molecule has 0 spiro atoms. The van der Waals surface area contributed by atoms with Crippen LogP contribution in [0.4, 0.5) is 0 Å². The summed E-state index contributed by atoms with van der Waals surface area (Å²) >= 11 is 0. The number of nitrogens with one attached hydrogen (secondary N) is 1. The maximum Gasteiger partial charge on any atom is 0.328 e. The second-order valence-corrected chi connectivity index (χ2v) is 3.49. The van der Waals surface area contributed by atoms with Crippen LogP contribution in [0.3, 0.4) is 0 Å². The van der Waals surface area contributed by atoms with Gasteiger partial charge in [0.1, 0.15) is 6.04 Å². The number of carbonyl (C=O) groups excluding carboxylic acids is 2. The third kappa shape index (κ3) is 5.67. The number of esters is 1. The summed E-state index contributed by atoms with van der Waals surface area (Å²) < 4.78 is 9.32. The molecule has 0 fully saturated rings. The normalized spacial score (nSPS) is 14.0. The van der Waals surface area contributed by atoms with Crippen molar-refractivity contribution in [1.29, 1.82) is 0 Å². The summed E-state index contributed by atoms with van der Waals surface area (Å²) in [6.45, 7) is 2.11. The van der Waals surface area contributed by atoms with E-state index in [1.54, 1.807) is 14.0 Å². The molecule has 0 bridgehead atoms. The van der Waals surface area contributed by atoms with Gasteiger partial charge in [-0.25, -0.2) is 4.79 Å². The molecule has 0 rings (SSSR count). The van der Waals surface area contributed by atoms with E-state index in [4.69, 9.17) is 10.5 Å². The van der Waals surface area contributed by atoms with Gasteiger partial charge in [0.15, 0.2) is 0 Å². The molecule has 6 nitrogen and oxygen atoms in total. The first-order valence-electron chi connectivity index (χ1n) is 5.15. The maximum absolute atomic E-state index is 11.5. The fourth-order valence-electron chi connectivity index (χ4n) is 1.13. The monoisotopic (exact) mass is 232 g/mol. The van der Waals surface area contributed by atoms with Gasteiger partial charge in [-0.05, 0) is 19.8 Å². The van der Waals surface area contributed by atoms with Gasteiger partial charge < -0.3 is 20.5 Å². The quantitative estimate of drug-likeness (QED) is 0.452. The van der Waals surface area contributed by atoms with Crippen LogP contribution in [0.5, 0.6) is 0 Å². The third-order valence-corrected chi connectivity index (χ3v) is 2.11. The van der Waals surface area contributed by atoms with Crippen LogP contribution in [0.15, 0.2) is 0 Å². The van der Waals surface area contributed by atoms with Crippen LogP contribution in [-0.2, 0) is 19.1 Å². The van der Waals surface area contributed by atoms with Gasteiger partial charge in [0.2, 0.25) is 5.91 Å². The fourth-order valence-corrected chi connectivity index (χ4v) is 1.13. The lowest BCUT2D eigenvalue weighted by Gasteiger charge is -2.15. The van der Waals surface area contributed by atoms with Gasteiger partial charge in [-0.1, -0.05) is 0 Å². The molecular formula is C10H20N2O4. The smallest absolute Gasteiger partial charge is 0.328 e. The Morgan fingerprint density at radius 3 is 2.50 bits per heavy atom. The van der Waals surface area contributed by atoms with Gasteiger partial charge in [-0.3, -0.25) is 4.79 Å². The summed E-state index contributed by atoms with van der Waals surface area (Å²) in [5.74, 6) is -0.841. The standard InChI is InChI=1S/C10H20N2O4/c1-7(10(14)16-3)12-9(13)8(11)5-4-6-15-2/h7-8H,4-6,11H2,1-3H3,(H,12,13)/t7-,8?/m0/s1. The number of methoxy groups -OCH3 is 2. The Bertz CT molecular complexity index is 233. The van der Waals surface area contributed by atoms with Crippen LogP contribution in [0.25, 0.3) is 0 Å². The van der Waals surface area contributed by atoms with E-state index < -0.39 is 18.1 Å². The molecule has 0 aromatic heterocycles. The molecule has 0 aliphatic carbocycles. The number of hydrogen-bond donors (Lipinski definition) is 2. The van der Waals surface area contributed by atoms with Crippen molar-refractivity contribution in [2.24, 2.45) is 5.73 Å². The average Bonchev–Trinajstić information content (AvgIpc) is 2.27. The molecule has 1 unspecified atom stereocenters. The highest BCUT2D eigenvalue weighted by Gasteiger charge is 2.19. The van der Waals surface area contributed by atoms with Crippen molar-refractivity contribution < 1.29 is 19.1 Å². The predicted octanol–water partition coefficient (Wildman–Crippen LogP) is -0.582. The second-order valence-electron chi connectivity index (χ2n) is 3.49. The zero-order chi connectivity index (χ0) is 12.6. The van der Waals surface area contributed by atoms with Crippen molar-refractivity contribution >= 4 is 11.9 Å². The van der Waals surface area contributed by atoms with E-state index in [1.807, 2.05) is 0 Å². The first kappa shape index (κ1) is 14.9. The Labute approximate surface area is 95.5 Å². The van der Waals surface area contributed by atoms with Crippen molar-refractivity contribution in [3.63, 3.8) is 0 Å². The first-order chi connectivity index (χ1) is 7.52. The highest BCUT2D eigenvalue weighted by atomic mass is 16.5. The molecule has 0 radical (unpaired) electrons. The number of carbonyl (C=O) groups is 2. The number of ether oxygens (including phenoxy) is 2. The molecular weight excluding hydrogens is 212 g/mol. The molecule has 1 amide bonds. The Balaban J connectivity index is 3.90. The van der Waals surface area contributed by atoms with Crippen molar-refractivity contribution in [3.05, 3.63) is 0 Å². The molecule has 94 valence electrons. The van der Waals surface area contributed by atoms with Crippen LogP contribution in [-0.4, -0.2) is 44.8 Å². The van der Waals surface area contributed by atoms with Crippen molar-refractivity contribution in [2.45, 2.75) is 31.8 Å². The molecule has 0 aromatic rings. The summed E-state index contributed by atoms with van der Waals surface area (Å²) in [4.78, 5) is 22.5. The van der Waals surface area contributed by atoms with Crippen LogP contribution < -0.4 is 11.1 Å². The highest BCUT2D eigenvalue weighted by molar-refractivity contribution is 5.87. The lowest BCUT2D eigenvalue weighted by atomic mass is 10.1. The largest absolute Gasteiger partial charge is 0.467 e. The van der Waals surface area contributed by atoms with Gasteiger partial charge in [-0.2, -0.15) is 0 Å². The molecule has 0 aliphatic heterocycles. The lowest BCUT2D eigenvalue weighted by Crippen LogP contribution is -2.47. The molecule has 2 atom stereocenters. The number of hydrogen-bond acceptors (Lipinski definition) is 5. The Morgan fingerprint density at radius 1 is 1.38 bits per heavy atom. The van der Waals surface area contributed by atoms with E-state index in [2.05, 4.69) is 10.1 Å². The van der Waals surface area contributed by atoms with Crippen LogP contribution in [0.2, 0.25) is 0 Å². The van der Waals surface area contributed by atoms with E-state index in [1.165, 1.54) is 7.11 Å².